The Hall–Kier alpha value is -1.12. The number of nitrogens with zero attached hydrogens (tertiary/aromatic N) is 2. The lowest BCUT2D eigenvalue weighted by atomic mass is 9.87. The van der Waals surface area contributed by atoms with Crippen LogP contribution in [-0.4, -0.2) is 16.1 Å². The van der Waals surface area contributed by atoms with Crippen molar-refractivity contribution < 1.29 is 4.79 Å². The Morgan fingerprint density at radius 2 is 2.14 bits per heavy atom. The van der Waals surface area contributed by atoms with Gasteiger partial charge in [-0.3, -0.25) is 9.48 Å². The zero-order valence-electron chi connectivity index (χ0n) is 8.57. The summed E-state index contributed by atoms with van der Waals surface area (Å²) >= 11 is 0. The van der Waals surface area contributed by atoms with Crippen LogP contribution in [0.4, 0.5) is 0 Å². The lowest BCUT2D eigenvalue weighted by Crippen LogP contribution is -2.09. The Morgan fingerprint density at radius 3 is 2.71 bits per heavy atom. The second kappa shape index (κ2) is 3.95. The maximum absolute atomic E-state index is 10.6. The van der Waals surface area contributed by atoms with E-state index in [0.29, 0.717) is 11.6 Å². The highest BCUT2D eigenvalue weighted by Gasteiger charge is 2.19. The molecule has 0 aliphatic heterocycles. The van der Waals surface area contributed by atoms with E-state index >= 15 is 0 Å². The fraction of sp³-hybridized carbons (Fsp3) is 0.636. The molecule has 0 radical (unpaired) electrons. The van der Waals surface area contributed by atoms with Gasteiger partial charge in [-0.15, -0.1) is 0 Å². The van der Waals surface area contributed by atoms with E-state index in [9.17, 15) is 4.79 Å². The third-order valence-corrected chi connectivity index (χ3v) is 3.08. The van der Waals surface area contributed by atoms with Crippen molar-refractivity contribution in [2.45, 2.75) is 38.0 Å². The second-order valence-electron chi connectivity index (χ2n) is 4.07. The molecule has 0 bridgehead atoms. The first kappa shape index (κ1) is 9.44. The highest BCUT2D eigenvalue weighted by Crippen LogP contribution is 2.32. The van der Waals surface area contributed by atoms with Crippen molar-refractivity contribution in [3.63, 3.8) is 0 Å². The minimum atomic E-state index is 0.563. The van der Waals surface area contributed by atoms with E-state index in [0.717, 1.165) is 6.29 Å². The smallest absolute Gasteiger partial charge is 0.170 e. The van der Waals surface area contributed by atoms with Gasteiger partial charge in [0, 0.05) is 18.7 Å². The molecule has 0 aromatic carbocycles. The zero-order chi connectivity index (χ0) is 9.97. The summed E-state index contributed by atoms with van der Waals surface area (Å²) in [7, 11) is 1.93. The first-order valence-electron chi connectivity index (χ1n) is 5.30. The van der Waals surface area contributed by atoms with E-state index in [1.807, 2.05) is 17.8 Å². The van der Waals surface area contributed by atoms with Gasteiger partial charge in [-0.05, 0) is 18.9 Å². The molecule has 1 aromatic rings. The molecule has 1 saturated carbocycles. The van der Waals surface area contributed by atoms with E-state index in [-0.39, 0.29) is 0 Å². The summed E-state index contributed by atoms with van der Waals surface area (Å²) in [6, 6.07) is 1.93. The van der Waals surface area contributed by atoms with Gasteiger partial charge >= 0.3 is 0 Å². The lowest BCUT2D eigenvalue weighted by Gasteiger charge is -2.21. The molecule has 2 rings (SSSR count). The van der Waals surface area contributed by atoms with Crippen molar-refractivity contribution >= 4 is 6.29 Å². The SMILES string of the molecule is Cn1nc(C=O)cc1C1CCCCC1. The molecule has 0 spiro atoms. The third-order valence-electron chi connectivity index (χ3n) is 3.08. The molecule has 0 saturated heterocycles. The number of hydrogen-bond acceptors (Lipinski definition) is 2. The predicted octanol–water partition coefficient (Wildman–Crippen LogP) is 2.28. The minimum Gasteiger partial charge on any atom is -0.296 e. The molecule has 3 nitrogen and oxygen atoms in total. The van der Waals surface area contributed by atoms with Crippen molar-refractivity contribution in [1.29, 1.82) is 0 Å². The Kier molecular flexibility index (Phi) is 2.66. The molecule has 1 heterocycles. The maximum Gasteiger partial charge on any atom is 0.170 e. The first-order valence-corrected chi connectivity index (χ1v) is 5.30. The molecule has 0 amide bonds. The predicted molar refractivity (Wildman–Crippen MR) is 54.4 cm³/mol. The summed E-state index contributed by atoms with van der Waals surface area (Å²) in [6.07, 6.45) is 7.30. The van der Waals surface area contributed by atoms with Gasteiger partial charge in [0.1, 0.15) is 5.69 Å². The molecule has 0 atom stereocenters. The molecule has 1 aliphatic carbocycles. The normalized spacial score (nSPS) is 18.4. The summed E-state index contributed by atoms with van der Waals surface area (Å²) < 4.78 is 1.86. The molecule has 1 aliphatic rings. The molecular weight excluding hydrogens is 176 g/mol. The van der Waals surface area contributed by atoms with Gasteiger partial charge in [-0.2, -0.15) is 5.10 Å². The Morgan fingerprint density at radius 1 is 1.43 bits per heavy atom. The van der Waals surface area contributed by atoms with Gasteiger partial charge < -0.3 is 0 Å². The molecule has 1 fully saturated rings. The lowest BCUT2D eigenvalue weighted by molar-refractivity contribution is 0.111. The summed E-state index contributed by atoms with van der Waals surface area (Å²) in [5, 5.41) is 4.15. The van der Waals surface area contributed by atoms with Crippen molar-refractivity contribution in [2.75, 3.05) is 0 Å². The van der Waals surface area contributed by atoms with Gasteiger partial charge in [-0.25, -0.2) is 0 Å². The van der Waals surface area contributed by atoms with Crippen LogP contribution in [0.2, 0.25) is 0 Å². The molecule has 3 heteroatoms. The van der Waals surface area contributed by atoms with Gasteiger partial charge in [0.05, 0.1) is 0 Å². The van der Waals surface area contributed by atoms with Crippen LogP contribution in [0.1, 0.15) is 54.2 Å². The van der Waals surface area contributed by atoms with Crippen molar-refractivity contribution in [3.05, 3.63) is 17.5 Å². The number of carbonyl (C=O) groups is 1. The van der Waals surface area contributed by atoms with E-state index in [1.165, 1.54) is 37.8 Å². The van der Waals surface area contributed by atoms with Crippen LogP contribution >= 0.6 is 0 Å². The Bertz CT molecular complexity index is 324. The van der Waals surface area contributed by atoms with Crippen molar-refractivity contribution in [2.24, 2.45) is 7.05 Å². The topological polar surface area (TPSA) is 34.9 Å². The third kappa shape index (κ3) is 1.72. The maximum atomic E-state index is 10.6. The summed E-state index contributed by atoms with van der Waals surface area (Å²) in [5.74, 6) is 0.620. The molecule has 1 aromatic heterocycles. The second-order valence-corrected chi connectivity index (χ2v) is 4.07. The quantitative estimate of drug-likeness (QED) is 0.674. The van der Waals surface area contributed by atoms with Crippen molar-refractivity contribution in [3.8, 4) is 0 Å². The van der Waals surface area contributed by atoms with Crippen LogP contribution in [0.15, 0.2) is 6.07 Å². The van der Waals surface area contributed by atoms with Crippen LogP contribution in [0.5, 0.6) is 0 Å². The molecule has 14 heavy (non-hydrogen) atoms. The Labute approximate surface area is 84.1 Å². The summed E-state index contributed by atoms with van der Waals surface area (Å²) in [5.41, 5.74) is 1.79. The number of rotatable bonds is 2. The van der Waals surface area contributed by atoms with E-state index < -0.39 is 0 Å². The van der Waals surface area contributed by atoms with E-state index in [1.54, 1.807) is 0 Å². The fourth-order valence-electron chi connectivity index (χ4n) is 2.34. The van der Waals surface area contributed by atoms with Crippen LogP contribution in [0.25, 0.3) is 0 Å². The van der Waals surface area contributed by atoms with Gasteiger partial charge in [0.15, 0.2) is 6.29 Å². The fourth-order valence-corrected chi connectivity index (χ4v) is 2.34. The van der Waals surface area contributed by atoms with Gasteiger partial charge in [0.25, 0.3) is 0 Å². The van der Waals surface area contributed by atoms with Crippen LogP contribution in [0, 0.1) is 0 Å². The van der Waals surface area contributed by atoms with E-state index in [2.05, 4.69) is 5.10 Å². The average molecular weight is 192 g/mol. The van der Waals surface area contributed by atoms with Gasteiger partial charge in [-0.1, -0.05) is 19.3 Å². The average Bonchev–Trinajstić information content (AvgIpc) is 2.61. The highest BCUT2D eigenvalue weighted by molar-refractivity contribution is 5.71. The summed E-state index contributed by atoms with van der Waals surface area (Å²) in [6.45, 7) is 0. The van der Waals surface area contributed by atoms with Crippen LogP contribution in [-0.2, 0) is 7.05 Å². The number of aryl methyl sites for hydroxylation is 1. The van der Waals surface area contributed by atoms with E-state index in [4.69, 9.17) is 0 Å². The number of carbonyl (C=O) groups excluding carboxylic acids is 1. The minimum absolute atomic E-state index is 0.563. The van der Waals surface area contributed by atoms with Crippen LogP contribution in [0.3, 0.4) is 0 Å². The standard InChI is InChI=1S/C11H16N2O/c1-13-11(7-10(8-14)12-13)9-5-3-2-4-6-9/h7-9H,2-6H2,1H3. The van der Waals surface area contributed by atoms with Crippen molar-refractivity contribution in [1.82, 2.24) is 9.78 Å². The number of hydrogen-bond donors (Lipinski definition) is 0. The monoisotopic (exact) mass is 192 g/mol. The highest BCUT2D eigenvalue weighted by atomic mass is 16.1. The number of aromatic nitrogens is 2. The Balaban J connectivity index is 2.20. The molecule has 0 N–H and O–H groups in total. The first-order chi connectivity index (χ1) is 6.81. The zero-order valence-corrected chi connectivity index (χ0v) is 8.57. The van der Waals surface area contributed by atoms with Gasteiger partial charge in [0.2, 0.25) is 0 Å². The molecule has 0 unspecified atom stereocenters. The summed E-state index contributed by atoms with van der Waals surface area (Å²) in [4.78, 5) is 10.6. The largest absolute Gasteiger partial charge is 0.296 e. The van der Waals surface area contributed by atoms with Crippen LogP contribution < -0.4 is 0 Å². The number of aldehydes is 1. The molecule has 76 valence electrons. The molecular formula is C11H16N2O.